The van der Waals surface area contributed by atoms with Gasteiger partial charge in [-0.05, 0) is 55.1 Å². The van der Waals surface area contributed by atoms with Gasteiger partial charge in [-0.1, -0.05) is 20.8 Å². The number of hydrogen-bond acceptors (Lipinski definition) is 4. The van der Waals surface area contributed by atoms with Crippen LogP contribution >= 0.6 is 11.6 Å². The maximum atomic E-state index is 6.50. The Morgan fingerprint density at radius 2 is 2.08 bits per heavy atom. The van der Waals surface area contributed by atoms with Gasteiger partial charge in [0.05, 0.1) is 18.0 Å². The average molecular weight is 381 g/mol. The number of anilines is 1. The smallest absolute Gasteiger partial charge is 0.226 e. The van der Waals surface area contributed by atoms with Gasteiger partial charge in [0, 0.05) is 12.7 Å². The van der Waals surface area contributed by atoms with Crippen molar-refractivity contribution in [3.63, 3.8) is 0 Å². The first kappa shape index (κ1) is 18.7. The summed E-state index contributed by atoms with van der Waals surface area (Å²) in [6.45, 7) is 15.3. The molecule has 5 nitrogen and oxygen atoms in total. The van der Waals surface area contributed by atoms with E-state index in [1.165, 1.54) is 0 Å². The predicted octanol–water partition coefficient (Wildman–Crippen LogP) is 4.91. The molecule has 1 aliphatic rings. The second kappa shape index (κ2) is 6.56. The molecule has 2 aromatic rings. The van der Waals surface area contributed by atoms with Crippen molar-refractivity contribution >= 4 is 36.8 Å². The third-order valence-corrected chi connectivity index (χ3v) is 10.4. The first-order chi connectivity index (χ1) is 11.6. The van der Waals surface area contributed by atoms with Crippen molar-refractivity contribution in [1.82, 2.24) is 15.0 Å². The number of nitrogens with one attached hydrogen (secondary N) is 1. The fourth-order valence-electron chi connectivity index (χ4n) is 3.16. The molecule has 1 atom stereocenters. The van der Waals surface area contributed by atoms with Gasteiger partial charge in [0.2, 0.25) is 5.28 Å². The molecule has 0 aliphatic carbocycles. The van der Waals surface area contributed by atoms with Crippen molar-refractivity contribution in [3.8, 4) is 0 Å². The number of aromatic nitrogens is 3. The highest BCUT2D eigenvalue weighted by Gasteiger charge is 2.39. The summed E-state index contributed by atoms with van der Waals surface area (Å²) in [5.74, 6) is 0.940. The van der Waals surface area contributed by atoms with Crippen LogP contribution in [0.1, 0.15) is 39.2 Å². The van der Waals surface area contributed by atoms with E-state index < -0.39 is 8.32 Å². The Balaban J connectivity index is 1.87. The van der Waals surface area contributed by atoms with Gasteiger partial charge >= 0.3 is 0 Å². The summed E-state index contributed by atoms with van der Waals surface area (Å²) in [5, 5.41) is 1.59. The first-order valence-electron chi connectivity index (χ1n) is 9.02. The largest absolute Gasteiger partial charge is 0.415 e. The van der Waals surface area contributed by atoms with E-state index in [4.69, 9.17) is 16.0 Å². The van der Waals surface area contributed by atoms with Crippen LogP contribution in [0, 0.1) is 6.92 Å². The maximum absolute atomic E-state index is 6.50. The second-order valence-corrected chi connectivity index (χ2v) is 13.7. The van der Waals surface area contributed by atoms with E-state index in [0.29, 0.717) is 11.3 Å². The fraction of sp³-hybridized carbons (Fsp3) is 0.667. The summed E-state index contributed by atoms with van der Waals surface area (Å²) >= 11 is 6.18. The van der Waals surface area contributed by atoms with Crippen LogP contribution in [0.5, 0.6) is 0 Å². The van der Waals surface area contributed by atoms with E-state index in [9.17, 15) is 0 Å². The Bertz CT molecular complexity index is 768. The predicted molar refractivity (Wildman–Crippen MR) is 107 cm³/mol. The van der Waals surface area contributed by atoms with Crippen molar-refractivity contribution in [3.05, 3.63) is 17.0 Å². The molecule has 1 aliphatic heterocycles. The van der Waals surface area contributed by atoms with Gasteiger partial charge in [-0.2, -0.15) is 9.97 Å². The molecule has 0 aromatic carbocycles. The highest BCUT2D eigenvalue weighted by Crippen LogP contribution is 2.38. The number of halogens is 1. The third-order valence-electron chi connectivity index (χ3n) is 5.77. The van der Waals surface area contributed by atoms with Crippen molar-refractivity contribution in [2.24, 2.45) is 0 Å². The lowest BCUT2D eigenvalue weighted by atomic mass is 10.2. The zero-order chi connectivity index (χ0) is 18.4. The molecule has 138 valence electrons. The second-order valence-electron chi connectivity index (χ2n) is 8.57. The molecule has 2 aromatic heterocycles. The number of aryl methyl sites for hydroxylation is 1. The lowest BCUT2D eigenvalue weighted by molar-refractivity contribution is 0.263. The highest BCUT2D eigenvalue weighted by atomic mass is 35.5. The molecule has 0 amide bonds. The summed E-state index contributed by atoms with van der Waals surface area (Å²) in [7, 11) is -1.76. The quantitative estimate of drug-likeness (QED) is 0.604. The molecule has 1 fully saturated rings. The molecule has 3 rings (SSSR count). The maximum Gasteiger partial charge on any atom is 0.226 e. The van der Waals surface area contributed by atoms with Gasteiger partial charge in [0.25, 0.3) is 0 Å². The molecule has 3 heterocycles. The Hall–Kier alpha value is -1.11. The Morgan fingerprint density at radius 3 is 2.76 bits per heavy atom. The number of H-pyrrole nitrogens is 1. The zero-order valence-corrected chi connectivity index (χ0v) is 17.9. The van der Waals surface area contributed by atoms with E-state index in [1.54, 1.807) is 0 Å². The number of rotatable bonds is 4. The number of nitrogens with zero attached hydrogens (tertiary/aromatic N) is 3. The van der Waals surface area contributed by atoms with Crippen molar-refractivity contribution in [2.75, 3.05) is 18.1 Å². The molecule has 0 spiro atoms. The molecule has 0 radical (unpaired) electrons. The Labute approximate surface area is 156 Å². The normalized spacial score (nSPS) is 19.2. The molecule has 0 unspecified atom stereocenters. The first-order valence-corrected chi connectivity index (χ1v) is 12.3. The van der Waals surface area contributed by atoms with Crippen LogP contribution in [-0.4, -0.2) is 42.5 Å². The van der Waals surface area contributed by atoms with E-state index in [-0.39, 0.29) is 5.04 Å². The Morgan fingerprint density at radius 1 is 1.36 bits per heavy atom. The monoisotopic (exact) mass is 380 g/mol. The molecule has 0 bridgehead atoms. The SMILES string of the molecule is Cc1c[nH]c2nc(Cl)nc(N3CCC[C@H]3CO[Si](C)(C)C(C)(C)C)c12. The molecular weight excluding hydrogens is 352 g/mol. The average Bonchev–Trinajstić information content (AvgIpc) is 3.10. The van der Waals surface area contributed by atoms with Crippen LogP contribution in [0.15, 0.2) is 6.20 Å². The molecular formula is C18H29ClN4OSi. The zero-order valence-electron chi connectivity index (χ0n) is 16.1. The minimum absolute atomic E-state index is 0.221. The lowest BCUT2D eigenvalue weighted by Crippen LogP contribution is -2.45. The minimum Gasteiger partial charge on any atom is -0.415 e. The van der Waals surface area contributed by atoms with Crippen LogP contribution < -0.4 is 4.90 Å². The van der Waals surface area contributed by atoms with Crippen LogP contribution in [-0.2, 0) is 4.43 Å². The summed E-state index contributed by atoms with van der Waals surface area (Å²) < 4.78 is 6.50. The summed E-state index contributed by atoms with van der Waals surface area (Å²) in [6.07, 6.45) is 4.25. The number of fused-ring (bicyclic) bond motifs is 1. The topological polar surface area (TPSA) is 54.0 Å². The van der Waals surface area contributed by atoms with E-state index >= 15 is 0 Å². The van der Waals surface area contributed by atoms with Crippen LogP contribution in [0.4, 0.5) is 5.82 Å². The van der Waals surface area contributed by atoms with Crippen molar-refractivity contribution in [2.45, 2.75) is 64.7 Å². The number of hydrogen-bond donors (Lipinski definition) is 1. The van der Waals surface area contributed by atoms with Gasteiger partial charge in [0.1, 0.15) is 11.5 Å². The van der Waals surface area contributed by atoms with Gasteiger partial charge in [-0.15, -0.1) is 0 Å². The van der Waals surface area contributed by atoms with Gasteiger partial charge < -0.3 is 14.3 Å². The van der Waals surface area contributed by atoms with Crippen LogP contribution in [0.25, 0.3) is 11.0 Å². The fourth-order valence-corrected chi connectivity index (χ4v) is 4.36. The number of aromatic amines is 1. The summed E-state index contributed by atoms with van der Waals surface area (Å²) in [5.41, 5.74) is 1.96. The summed E-state index contributed by atoms with van der Waals surface area (Å²) in [4.78, 5) is 14.5. The molecule has 0 saturated carbocycles. The van der Waals surface area contributed by atoms with Gasteiger partial charge in [0.15, 0.2) is 8.32 Å². The van der Waals surface area contributed by atoms with E-state index in [1.807, 2.05) is 6.20 Å². The standard InChI is InChI=1S/C18H29ClN4OSi/c1-12-10-20-15-14(12)16(22-17(19)21-15)23-9-7-8-13(23)11-24-25(5,6)18(2,3)4/h10,13H,7-9,11H2,1-6H3,(H,20,21,22)/t13-/m0/s1. The highest BCUT2D eigenvalue weighted by molar-refractivity contribution is 6.74. The van der Waals surface area contributed by atoms with Gasteiger partial charge in [-0.3, -0.25) is 0 Å². The molecule has 25 heavy (non-hydrogen) atoms. The van der Waals surface area contributed by atoms with E-state index in [2.05, 4.69) is 60.6 Å². The van der Waals surface area contributed by atoms with Crippen LogP contribution in [0.2, 0.25) is 23.4 Å². The third kappa shape index (κ3) is 3.57. The summed E-state index contributed by atoms with van der Waals surface area (Å²) in [6, 6.07) is 0.345. The van der Waals surface area contributed by atoms with Crippen LogP contribution in [0.3, 0.4) is 0 Å². The van der Waals surface area contributed by atoms with Crippen molar-refractivity contribution < 1.29 is 4.43 Å². The Kier molecular flexibility index (Phi) is 4.90. The minimum atomic E-state index is -1.76. The van der Waals surface area contributed by atoms with Gasteiger partial charge in [-0.25, -0.2) is 0 Å². The molecule has 7 heteroatoms. The van der Waals surface area contributed by atoms with E-state index in [0.717, 1.165) is 48.4 Å². The molecule has 1 saturated heterocycles. The van der Waals surface area contributed by atoms with Crippen molar-refractivity contribution in [1.29, 1.82) is 0 Å². The lowest BCUT2D eigenvalue weighted by Gasteiger charge is -2.38. The molecule has 1 N–H and O–H groups in total.